The third-order valence-corrected chi connectivity index (χ3v) is 4.36. The number of benzene rings is 2. The van der Waals surface area contributed by atoms with E-state index < -0.39 is 0 Å². The Morgan fingerprint density at radius 2 is 1.86 bits per heavy atom. The second kappa shape index (κ2) is 7.72. The van der Waals surface area contributed by atoms with Crippen LogP contribution in [0.2, 0.25) is 0 Å². The molecule has 0 saturated heterocycles. The molecule has 0 amide bonds. The maximum Gasteiger partial charge on any atom is 0.333 e. The summed E-state index contributed by atoms with van der Waals surface area (Å²) < 4.78 is 1.65. The first-order chi connectivity index (χ1) is 13.7. The number of terminal acetylenes is 1. The van der Waals surface area contributed by atoms with Gasteiger partial charge in [0.05, 0.1) is 6.54 Å². The summed E-state index contributed by atoms with van der Waals surface area (Å²) in [7, 11) is 0. The second-order valence-electron chi connectivity index (χ2n) is 6.17. The summed E-state index contributed by atoms with van der Waals surface area (Å²) in [6.45, 7) is 0.524. The van der Waals surface area contributed by atoms with E-state index in [2.05, 4.69) is 36.6 Å². The van der Waals surface area contributed by atoms with Gasteiger partial charge in [-0.05, 0) is 27.1 Å². The lowest BCUT2D eigenvalue weighted by Crippen LogP contribution is -2.06. The molecule has 4 rings (SSSR count). The molecule has 2 heterocycles. The van der Waals surface area contributed by atoms with Crippen molar-refractivity contribution in [3.8, 4) is 40.9 Å². The van der Waals surface area contributed by atoms with Gasteiger partial charge in [-0.2, -0.15) is 4.98 Å². The molecule has 0 atom stereocenters. The molecule has 2 aromatic heterocycles. The minimum atomic E-state index is -0.238. The highest BCUT2D eigenvalue weighted by atomic mass is 16.3. The third-order valence-electron chi connectivity index (χ3n) is 4.36. The Kier molecular flexibility index (Phi) is 4.80. The second-order valence-corrected chi connectivity index (χ2v) is 6.17. The van der Waals surface area contributed by atoms with Gasteiger partial charge >= 0.3 is 6.01 Å². The van der Waals surface area contributed by atoms with E-state index in [1.54, 1.807) is 4.68 Å². The SMILES string of the molecule is C#CCCn1nc(O)nc1Cc1ccc(-c2ccccc2-c2nnn[nH]2)cc1. The van der Waals surface area contributed by atoms with E-state index in [9.17, 15) is 5.11 Å². The minimum Gasteiger partial charge on any atom is -0.478 e. The summed E-state index contributed by atoms with van der Waals surface area (Å²) in [6.07, 6.45) is 6.39. The minimum absolute atomic E-state index is 0.238. The van der Waals surface area contributed by atoms with Crippen LogP contribution in [0.25, 0.3) is 22.5 Å². The molecule has 0 bridgehead atoms. The number of aromatic amines is 1. The van der Waals surface area contributed by atoms with E-state index in [4.69, 9.17) is 6.42 Å². The maximum atomic E-state index is 9.61. The largest absolute Gasteiger partial charge is 0.478 e. The summed E-state index contributed by atoms with van der Waals surface area (Å²) in [6, 6.07) is 15.8. The topological polar surface area (TPSA) is 105 Å². The van der Waals surface area contributed by atoms with Crippen molar-refractivity contribution in [2.75, 3.05) is 0 Å². The molecular formula is C20H17N7O. The van der Waals surface area contributed by atoms with Crippen molar-refractivity contribution in [3.63, 3.8) is 0 Å². The first kappa shape index (κ1) is 17.4. The highest BCUT2D eigenvalue weighted by molar-refractivity contribution is 5.80. The van der Waals surface area contributed by atoms with Gasteiger partial charge in [0.15, 0.2) is 5.82 Å². The van der Waals surface area contributed by atoms with Crippen molar-refractivity contribution >= 4 is 0 Å². The number of nitrogens with zero attached hydrogens (tertiary/aromatic N) is 6. The molecule has 2 aromatic carbocycles. The van der Waals surface area contributed by atoms with Crippen LogP contribution in [0, 0.1) is 12.3 Å². The Bertz CT molecular complexity index is 1110. The summed E-state index contributed by atoms with van der Waals surface area (Å²) in [4.78, 5) is 4.10. The standard InChI is InChI=1S/C20H17N7O/c1-2-3-12-27-18(21-20(28)24-27)13-14-8-10-15(11-9-14)16-6-4-5-7-17(16)19-22-25-26-23-19/h1,4-11H,3,12-13H2,(H,24,28)(H,22,23,25,26). The van der Waals surface area contributed by atoms with Gasteiger partial charge in [0.25, 0.3) is 0 Å². The van der Waals surface area contributed by atoms with E-state index in [0.29, 0.717) is 31.0 Å². The molecule has 0 aliphatic carbocycles. The number of aromatic nitrogens is 7. The number of hydrogen-bond acceptors (Lipinski definition) is 6. The van der Waals surface area contributed by atoms with Crippen molar-refractivity contribution in [2.24, 2.45) is 0 Å². The van der Waals surface area contributed by atoms with Crippen LogP contribution in [-0.2, 0) is 13.0 Å². The normalized spacial score (nSPS) is 10.7. The highest BCUT2D eigenvalue weighted by Gasteiger charge is 2.12. The summed E-state index contributed by atoms with van der Waals surface area (Å²) in [5, 5.41) is 27.7. The molecule has 0 spiro atoms. The van der Waals surface area contributed by atoms with E-state index >= 15 is 0 Å². The average Bonchev–Trinajstić information content (AvgIpc) is 3.37. The van der Waals surface area contributed by atoms with Crippen molar-refractivity contribution < 1.29 is 5.11 Å². The van der Waals surface area contributed by atoms with Gasteiger partial charge in [0, 0.05) is 18.4 Å². The predicted molar refractivity (Wildman–Crippen MR) is 103 cm³/mol. The highest BCUT2D eigenvalue weighted by Crippen LogP contribution is 2.29. The maximum absolute atomic E-state index is 9.61. The fourth-order valence-corrected chi connectivity index (χ4v) is 3.04. The molecule has 0 radical (unpaired) electrons. The number of hydrogen-bond donors (Lipinski definition) is 2. The molecule has 8 nitrogen and oxygen atoms in total. The Labute approximate surface area is 161 Å². The lowest BCUT2D eigenvalue weighted by Gasteiger charge is -2.08. The Hall–Kier alpha value is -3.99. The van der Waals surface area contributed by atoms with Crippen LogP contribution in [0.3, 0.4) is 0 Å². The van der Waals surface area contributed by atoms with Gasteiger partial charge < -0.3 is 5.11 Å². The first-order valence-electron chi connectivity index (χ1n) is 8.73. The number of nitrogens with one attached hydrogen (secondary N) is 1. The number of aryl methyl sites for hydroxylation is 1. The summed E-state index contributed by atoms with van der Waals surface area (Å²) in [5.41, 5.74) is 4.06. The summed E-state index contributed by atoms with van der Waals surface area (Å²) >= 11 is 0. The monoisotopic (exact) mass is 371 g/mol. The van der Waals surface area contributed by atoms with Crippen LogP contribution in [0.5, 0.6) is 6.01 Å². The van der Waals surface area contributed by atoms with E-state index in [1.165, 1.54) is 0 Å². The Morgan fingerprint density at radius 1 is 1.07 bits per heavy atom. The molecule has 138 valence electrons. The van der Waals surface area contributed by atoms with Crippen LogP contribution >= 0.6 is 0 Å². The van der Waals surface area contributed by atoms with Crippen LogP contribution in [-0.4, -0.2) is 40.5 Å². The molecule has 28 heavy (non-hydrogen) atoms. The van der Waals surface area contributed by atoms with Crippen LogP contribution in [0.15, 0.2) is 48.5 Å². The quantitative estimate of drug-likeness (QED) is 0.504. The Morgan fingerprint density at radius 3 is 2.57 bits per heavy atom. The Balaban J connectivity index is 1.59. The van der Waals surface area contributed by atoms with Gasteiger partial charge in [-0.15, -0.1) is 22.5 Å². The van der Waals surface area contributed by atoms with Gasteiger partial charge in [-0.3, -0.25) is 0 Å². The molecular weight excluding hydrogens is 354 g/mol. The molecule has 0 saturated carbocycles. The lowest BCUT2D eigenvalue weighted by atomic mass is 9.98. The fourth-order valence-electron chi connectivity index (χ4n) is 3.04. The number of H-pyrrole nitrogens is 1. The van der Waals surface area contributed by atoms with Crippen LogP contribution < -0.4 is 0 Å². The third kappa shape index (κ3) is 3.59. The molecule has 0 unspecified atom stereocenters. The average molecular weight is 371 g/mol. The van der Waals surface area contributed by atoms with E-state index in [0.717, 1.165) is 22.3 Å². The van der Waals surface area contributed by atoms with Gasteiger partial charge in [0.1, 0.15) is 5.82 Å². The first-order valence-corrected chi connectivity index (χ1v) is 8.73. The van der Waals surface area contributed by atoms with E-state index in [1.807, 2.05) is 48.5 Å². The smallest absolute Gasteiger partial charge is 0.333 e. The van der Waals surface area contributed by atoms with Gasteiger partial charge in [-0.25, -0.2) is 9.78 Å². The predicted octanol–water partition coefficient (Wildman–Crippen LogP) is 2.44. The van der Waals surface area contributed by atoms with E-state index in [-0.39, 0.29) is 6.01 Å². The molecule has 4 aromatic rings. The molecule has 0 aliphatic heterocycles. The van der Waals surface area contributed by atoms with Crippen LogP contribution in [0.1, 0.15) is 17.8 Å². The van der Waals surface area contributed by atoms with Crippen molar-refractivity contribution in [3.05, 3.63) is 59.9 Å². The molecule has 2 N–H and O–H groups in total. The number of tetrazole rings is 1. The van der Waals surface area contributed by atoms with Gasteiger partial charge in [-0.1, -0.05) is 48.5 Å². The fraction of sp³-hybridized carbons (Fsp3) is 0.150. The summed E-state index contributed by atoms with van der Waals surface area (Å²) in [5.74, 6) is 3.87. The van der Waals surface area contributed by atoms with Crippen molar-refractivity contribution in [2.45, 2.75) is 19.4 Å². The molecule has 0 aliphatic rings. The zero-order valence-corrected chi connectivity index (χ0v) is 14.9. The van der Waals surface area contributed by atoms with Crippen molar-refractivity contribution in [1.82, 2.24) is 35.4 Å². The van der Waals surface area contributed by atoms with Crippen molar-refractivity contribution in [1.29, 1.82) is 0 Å². The zero-order chi connectivity index (χ0) is 19.3. The molecule has 8 heteroatoms. The number of rotatable bonds is 6. The number of aromatic hydroxyl groups is 1. The lowest BCUT2D eigenvalue weighted by molar-refractivity contribution is 0.423. The van der Waals surface area contributed by atoms with Gasteiger partial charge in [0.2, 0.25) is 0 Å². The van der Waals surface area contributed by atoms with Crippen LogP contribution in [0.4, 0.5) is 0 Å². The zero-order valence-electron chi connectivity index (χ0n) is 14.9. The molecule has 0 fully saturated rings.